The summed E-state index contributed by atoms with van der Waals surface area (Å²) in [5.74, 6) is -0.400. The molecule has 0 radical (unpaired) electrons. The van der Waals surface area contributed by atoms with Crippen molar-refractivity contribution in [1.82, 2.24) is 0 Å². The topological polar surface area (TPSA) is 116 Å². The number of nitrogens with one attached hydrogen (secondary N) is 1. The van der Waals surface area contributed by atoms with Crippen molar-refractivity contribution in [3.05, 3.63) is 105 Å². The van der Waals surface area contributed by atoms with Crippen LogP contribution >= 0.6 is 11.6 Å². The number of ketones is 1. The molecule has 0 aliphatic heterocycles. The molecular formula is C23H19ClN2O6S. The minimum atomic E-state index is -3.90. The lowest BCUT2D eigenvalue weighted by Crippen LogP contribution is -2.08. The van der Waals surface area contributed by atoms with E-state index in [1.54, 1.807) is 31.4 Å². The van der Waals surface area contributed by atoms with Gasteiger partial charge in [0.05, 0.1) is 22.7 Å². The molecule has 0 aliphatic carbocycles. The Labute approximate surface area is 195 Å². The van der Waals surface area contributed by atoms with E-state index < -0.39 is 26.3 Å². The zero-order valence-electron chi connectivity index (χ0n) is 17.4. The van der Waals surface area contributed by atoms with Crippen LogP contribution in [0, 0.1) is 10.1 Å². The van der Waals surface area contributed by atoms with Crippen LogP contribution in [-0.4, -0.2) is 26.2 Å². The van der Waals surface area contributed by atoms with Crippen LogP contribution in [0.25, 0.3) is 0 Å². The van der Waals surface area contributed by atoms with E-state index >= 15 is 0 Å². The molecule has 0 atom stereocenters. The fourth-order valence-corrected chi connectivity index (χ4v) is 4.44. The maximum Gasteiger partial charge on any atom is 0.273 e. The third-order valence-electron chi connectivity index (χ3n) is 4.65. The first-order valence-electron chi connectivity index (χ1n) is 9.57. The smallest absolute Gasteiger partial charge is 0.273 e. The minimum Gasteiger partial charge on any atom is -0.497 e. The predicted molar refractivity (Wildman–Crippen MR) is 126 cm³/mol. The molecule has 3 aromatic carbocycles. The summed E-state index contributed by atoms with van der Waals surface area (Å²) in [5, 5.41) is 14.7. The van der Waals surface area contributed by atoms with Crippen LogP contribution in [0.5, 0.6) is 5.75 Å². The Bertz CT molecular complexity index is 1300. The summed E-state index contributed by atoms with van der Waals surface area (Å²) in [6.07, 6.45) is 2.68. The Hall–Kier alpha value is -3.69. The molecule has 0 amide bonds. The van der Waals surface area contributed by atoms with Gasteiger partial charge in [0.15, 0.2) is 15.6 Å². The first-order chi connectivity index (χ1) is 15.7. The average Bonchev–Trinajstić information content (AvgIpc) is 2.79. The third-order valence-corrected chi connectivity index (χ3v) is 6.59. The number of methoxy groups -OCH3 is 1. The number of nitro groups is 1. The molecule has 0 spiro atoms. The number of hydrogen-bond donors (Lipinski definition) is 1. The van der Waals surface area contributed by atoms with Gasteiger partial charge in [-0.3, -0.25) is 14.9 Å². The quantitative estimate of drug-likeness (QED) is 0.195. The van der Waals surface area contributed by atoms with Gasteiger partial charge < -0.3 is 10.1 Å². The Balaban J connectivity index is 1.82. The molecule has 0 saturated carbocycles. The molecule has 170 valence electrons. The normalized spacial score (nSPS) is 11.3. The number of allylic oxidation sites excluding steroid dienone is 1. The SMILES string of the molecule is COc1ccc(N/C=C/C(=O)c2ccc([N+](=O)[O-])c(CS(=O)(=O)c3ccc(Cl)cc3)c2)cc1. The molecular weight excluding hydrogens is 468 g/mol. The van der Waals surface area contributed by atoms with Crippen molar-refractivity contribution in [2.75, 3.05) is 12.4 Å². The lowest BCUT2D eigenvalue weighted by atomic mass is 10.1. The monoisotopic (exact) mass is 486 g/mol. The van der Waals surface area contributed by atoms with Crippen LogP contribution < -0.4 is 10.1 Å². The predicted octanol–water partition coefficient (Wildman–Crippen LogP) is 5.04. The van der Waals surface area contributed by atoms with Crippen LogP contribution in [0.1, 0.15) is 15.9 Å². The van der Waals surface area contributed by atoms with Crippen LogP contribution in [0.3, 0.4) is 0 Å². The number of nitrogens with zero attached hydrogens (tertiary/aromatic N) is 1. The van der Waals surface area contributed by atoms with E-state index in [-0.39, 0.29) is 21.7 Å². The van der Waals surface area contributed by atoms with Crippen LogP contribution in [0.4, 0.5) is 11.4 Å². The maximum atomic E-state index is 12.8. The van der Waals surface area contributed by atoms with Gasteiger partial charge in [-0.15, -0.1) is 0 Å². The summed E-state index contributed by atoms with van der Waals surface area (Å²) >= 11 is 5.80. The van der Waals surface area contributed by atoms with Gasteiger partial charge >= 0.3 is 0 Å². The van der Waals surface area contributed by atoms with Gasteiger partial charge in [0, 0.05) is 40.2 Å². The van der Waals surface area contributed by atoms with Crippen molar-refractivity contribution < 1.29 is 22.9 Å². The summed E-state index contributed by atoms with van der Waals surface area (Å²) in [6, 6.07) is 16.2. The van der Waals surface area contributed by atoms with Crippen LogP contribution in [-0.2, 0) is 15.6 Å². The number of anilines is 1. The average molecular weight is 487 g/mol. The third kappa shape index (κ3) is 6.18. The number of halogens is 1. The number of nitro benzene ring substituents is 1. The second kappa shape index (κ2) is 10.3. The lowest BCUT2D eigenvalue weighted by Gasteiger charge is -2.07. The van der Waals surface area contributed by atoms with E-state index in [4.69, 9.17) is 16.3 Å². The number of carbonyl (C=O) groups is 1. The Kier molecular flexibility index (Phi) is 7.47. The Morgan fingerprint density at radius 3 is 2.36 bits per heavy atom. The van der Waals surface area contributed by atoms with Crippen LogP contribution in [0.15, 0.2) is 83.9 Å². The molecule has 0 heterocycles. The van der Waals surface area contributed by atoms with Gasteiger partial charge in [-0.25, -0.2) is 8.42 Å². The fraction of sp³-hybridized carbons (Fsp3) is 0.0870. The van der Waals surface area contributed by atoms with Crippen molar-refractivity contribution in [1.29, 1.82) is 0 Å². The summed E-state index contributed by atoms with van der Waals surface area (Å²) in [7, 11) is -2.35. The van der Waals surface area contributed by atoms with Crippen molar-refractivity contribution in [2.24, 2.45) is 0 Å². The largest absolute Gasteiger partial charge is 0.497 e. The Morgan fingerprint density at radius 2 is 1.76 bits per heavy atom. The zero-order chi connectivity index (χ0) is 24.0. The molecule has 33 heavy (non-hydrogen) atoms. The van der Waals surface area contributed by atoms with Crippen molar-refractivity contribution >= 4 is 38.6 Å². The van der Waals surface area contributed by atoms with E-state index in [1.807, 2.05) is 0 Å². The van der Waals surface area contributed by atoms with Crippen molar-refractivity contribution in [3.8, 4) is 5.75 Å². The highest BCUT2D eigenvalue weighted by Gasteiger charge is 2.23. The zero-order valence-corrected chi connectivity index (χ0v) is 19.0. The summed E-state index contributed by atoms with van der Waals surface area (Å²) in [5.41, 5.74) is 0.370. The molecule has 3 rings (SSSR count). The number of ether oxygens (including phenoxy) is 1. The van der Waals surface area contributed by atoms with Crippen LogP contribution in [0.2, 0.25) is 5.02 Å². The first-order valence-corrected chi connectivity index (χ1v) is 11.6. The lowest BCUT2D eigenvalue weighted by molar-refractivity contribution is -0.385. The van der Waals surface area contributed by atoms with Gasteiger partial charge in [-0.2, -0.15) is 0 Å². The van der Waals surface area contributed by atoms with Gasteiger partial charge in [-0.05, 0) is 60.7 Å². The number of benzene rings is 3. The molecule has 1 N–H and O–H groups in total. The van der Waals surface area contributed by atoms with E-state index in [1.165, 1.54) is 48.7 Å². The molecule has 10 heteroatoms. The van der Waals surface area contributed by atoms with E-state index in [0.29, 0.717) is 10.8 Å². The molecule has 0 bridgehead atoms. The van der Waals surface area contributed by atoms with E-state index in [9.17, 15) is 23.3 Å². The summed E-state index contributed by atoms with van der Waals surface area (Å²) in [6.45, 7) is 0. The summed E-state index contributed by atoms with van der Waals surface area (Å²) < 4.78 is 30.6. The van der Waals surface area contributed by atoms with Crippen molar-refractivity contribution in [3.63, 3.8) is 0 Å². The number of hydrogen-bond acceptors (Lipinski definition) is 7. The molecule has 0 fully saturated rings. The first kappa shape index (κ1) is 24.0. The summed E-state index contributed by atoms with van der Waals surface area (Å²) in [4.78, 5) is 23.3. The molecule has 0 aliphatic rings. The fourth-order valence-electron chi connectivity index (χ4n) is 2.96. The second-order valence-electron chi connectivity index (χ2n) is 6.88. The molecule has 0 aromatic heterocycles. The van der Waals surface area contributed by atoms with Gasteiger partial charge in [-0.1, -0.05) is 11.6 Å². The molecule has 0 saturated heterocycles. The van der Waals surface area contributed by atoms with Gasteiger partial charge in [0.2, 0.25) is 0 Å². The maximum absolute atomic E-state index is 12.8. The number of carbonyl (C=O) groups excluding carboxylic acids is 1. The highest BCUT2D eigenvalue weighted by atomic mass is 35.5. The molecule has 3 aromatic rings. The van der Waals surface area contributed by atoms with E-state index in [0.717, 1.165) is 11.8 Å². The van der Waals surface area contributed by atoms with Crippen molar-refractivity contribution in [2.45, 2.75) is 10.6 Å². The van der Waals surface area contributed by atoms with E-state index in [2.05, 4.69) is 5.32 Å². The van der Waals surface area contributed by atoms with Gasteiger partial charge in [0.25, 0.3) is 5.69 Å². The second-order valence-corrected chi connectivity index (χ2v) is 9.31. The Morgan fingerprint density at radius 1 is 1.09 bits per heavy atom. The number of sulfone groups is 1. The highest BCUT2D eigenvalue weighted by Crippen LogP contribution is 2.26. The number of rotatable bonds is 9. The highest BCUT2D eigenvalue weighted by molar-refractivity contribution is 7.90. The molecule has 0 unspecified atom stereocenters. The van der Waals surface area contributed by atoms with Gasteiger partial charge in [0.1, 0.15) is 5.75 Å². The molecule has 8 nitrogen and oxygen atoms in total. The standard InChI is InChI=1S/C23H19ClN2O6S/c1-32-20-7-5-19(6-8-20)25-13-12-23(27)16-2-11-22(26(28)29)17(14-16)15-33(30,31)21-9-3-18(24)4-10-21/h2-14,25H,15H2,1H3/b13-12+. The minimum absolute atomic E-state index is 0.0264.